The van der Waals surface area contributed by atoms with Gasteiger partial charge in [0.15, 0.2) is 17.7 Å². The molecular weight excluding hydrogens is 204 g/mol. The summed E-state index contributed by atoms with van der Waals surface area (Å²) in [7, 11) is 0. The largest absolute Gasteiger partial charge is 0.443 e. The highest BCUT2D eigenvalue weighted by Crippen LogP contribution is 2.24. The Kier molecular flexibility index (Phi) is 2.12. The molecular formula is C10H5F2NO2. The minimum absolute atomic E-state index is 0.0135. The van der Waals surface area contributed by atoms with Crippen LogP contribution in [0.2, 0.25) is 0 Å². The van der Waals surface area contributed by atoms with E-state index in [1.807, 2.05) is 0 Å². The van der Waals surface area contributed by atoms with Crippen LogP contribution in [-0.4, -0.2) is 12.1 Å². The van der Waals surface area contributed by atoms with Crippen molar-refractivity contribution in [3.63, 3.8) is 0 Å². The van der Waals surface area contributed by atoms with Gasteiger partial charge in [-0.2, -0.15) is 5.26 Å². The highest BCUT2D eigenvalue weighted by Gasteiger charge is 2.29. The fourth-order valence-electron chi connectivity index (χ4n) is 1.48. The molecule has 2 rings (SSSR count). The van der Waals surface area contributed by atoms with Crippen molar-refractivity contribution in [2.45, 2.75) is 12.5 Å². The SMILES string of the molecule is N#CC1Cc2c(ccc(F)c2F)C(=O)O1. The van der Waals surface area contributed by atoms with E-state index in [1.165, 1.54) is 0 Å². The predicted octanol–water partition coefficient (Wildman–Crippen LogP) is 1.57. The maximum absolute atomic E-state index is 13.3. The Bertz CT molecular complexity index is 479. The Morgan fingerprint density at radius 2 is 2.20 bits per heavy atom. The molecule has 0 radical (unpaired) electrons. The second-order valence-electron chi connectivity index (χ2n) is 3.11. The average molecular weight is 209 g/mol. The Hall–Kier alpha value is -1.96. The van der Waals surface area contributed by atoms with E-state index in [1.54, 1.807) is 6.07 Å². The van der Waals surface area contributed by atoms with Crippen LogP contribution in [0.15, 0.2) is 12.1 Å². The number of hydrogen-bond donors (Lipinski definition) is 0. The summed E-state index contributed by atoms with van der Waals surface area (Å²) in [5.74, 6) is -2.90. The minimum atomic E-state index is -1.08. The summed E-state index contributed by atoms with van der Waals surface area (Å²) in [5.41, 5.74) is -0.0989. The maximum Gasteiger partial charge on any atom is 0.339 e. The molecule has 1 unspecified atom stereocenters. The number of esters is 1. The van der Waals surface area contributed by atoms with E-state index in [0.29, 0.717) is 0 Å². The fraction of sp³-hybridized carbons (Fsp3) is 0.200. The number of nitrogens with zero attached hydrogens (tertiary/aromatic N) is 1. The molecule has 1 aliphatic rings. The van der Waals surface area contributed by atoms with Crippen LogP contribution >= 0.6 is 0 Å². The van der Waals surface area contributed by atoms with E-state index in [0.717, 1.165) is 12.1 Å². The van der Waals surface area contributed by atoms with Gasteiger partial charge in [0.2, 0.25) is 0 Å². The number of nitriles is 1. The van der Waals surface area contributed by atoms with Crippen LogP contribution in [-0.2, 0) is 11.2 Å². The zero-order valence-electron chi connectivity index (χ0n) is 7.46. The van der Waals surface area contributed by atoms with Crippen molar-refractivity contribution in [2.75, 3.05) is 0 Å². The van der Waals surface area contributed by atoms with Gasteiger partial charge in [-0.1, -0.05) is 0 Å². The van der Waals surface area contributed by atoms with Gasteiger partial charge >= 0.3 is 5.97 Å². The first-order valence-electron chi connectivity index (χ1n) is 4.21. The highest BCUT2D eigenvalue weighted by atomic mass is 19.2. The molecule has 1 aromatic rings. The lowest BCUT2D eigenvalue weighted by molar-refractivity contribution is 0.0366. The summed E-state index contributed by atoms with van der Waals surface area (Å²) in [4.78, 5) is 11.3. The zero-order valence-corrected chi connectivity index (χ0v) is 7.46. The van der Waals surface area contributed by atoms with Gasteiger partial charge in [-0.25, -0.2) is 13.6 Å². The molecule has 1 heterocycles. The third kappa shape index (κ3) is 1.44. The Labute approximate surface area is 83.9 Å². The average Bonchev–Trinajstić information content (AvgIpc) is 2.23. The van der Waals surface area contributed by atoms with E-state index >= 15 is 0 Å². The lowest BCUT2D eigenvalue weighted by atomic mass is 9.98. The number of halogens is 2. The normalized spacial score (nSPS) is 19.0. The van der Waals surface area contributed by atoms with Gasteiger partial charge in [0, 0.05) is 12.0 Å². The number of carbonyl (C=O) groups excluding carboxylic acids is 1. The van der Waals surface area contributed by atoms with Crippen LogP contribution in [0.25, 0.3) is 0 Å². The Balaban J connectivity index is 2.57. The molecule has 0 N–H and O–H groups in total. The molecule has 0 spiro atoms. The first-order chi connectivity index (χ1) is 7.13. The van der Waals surface area contributed by atoms with Crippen molar-refractivity contribution in [2.24, 2.45) is 0 Å². The zero-order chi connectivity index (χ0) is 11.0. The number of hydrogen-bond acceptors (Lipinski definition) is 3. The number of carbonyl (C=O) groups is 1. The van der Waals surface area contributed by atoms with Gasteiger partial charge in [-0.3, -0.25) is 0 Å². The summed E-state index contributed by atoms with van der Waals surface area (Å²) in [6.07, 6.45) is -1.15. The van der Waals surface area contributed by atoms with E-state index in [4.69, 9.17) is 5.26 Å². The van der Waals surface area contributed by atoms with Crippen molar-refractivity contribution >= 4 is 5.97 Å². The van der Waals surface area contributed by atoms with Gasteiger partial charge in [0.25, 0.3) is 0 Å². The highest BCUT2D eigenvalue weighted by molar-refractivity contribution is 5.92. The lowest BCUT2D eigenvalue weighted by Gasteiger charge is -2.20. The molecule has 1 atom stereocenters. The van der Waals surface area contributed by atoms with Gasteiger partial charge < -0.3 is 4.74 Å². The quantitative estimate of drug-likeness (QED) is 0.609. The summed E-state index contributed by atoms with van der Waals surface area (Å²) in [5, 5.41) is 8.55. The van der Waals surface area contributed by atoms with E-state index in [-0.39, 0.29) is 17.5 Å². The Morgan fingerprint density at radius 1 is 1.47 bits per heavy atom. The number of ether oxygens (including phenoxy) is 1. The third-order valence-electron chi connectivity index (χ3n) is 2.20. The molecule has 0 aliphatic carbocycles. The van der Waals surface area contributed by atoms with Crippen LogP contribution in [0.5, 0.6) is 0 Å². The van der Waals surface area contributed by atoms with Crippen molar-refractivity contribution in [1.29, 1.82) is 5.26 Å². The van der Waals surface area contributed by atoms with E-state index in [2.05, 4.69) is 4.74 Å². The molecule has 1 aromatic carbocycles. The first kappa shape index (κ1) is 9.59. The standard InChI is InChI=1S/C10H5F2NO2/c11-8-2-1-6-7(9(8)12)3-5(4-13)15-10(6)14/h1-2,5H,3H2. The van der Waals surface area contributed by atoms with Gasteiger partial charge in [0.05, 0.1) is 5.56 Å². The maximum atomic E-state index is 13.3. The molecule has 0 aromatic heterocycles. The van der Waals surface area contributed by atoms with Crippen molar-refractivity contribution in [3.8, 4) is 6.07 Å². The molecule has 0 bridgehead atoms. The summed E-state index contributed by atoms with van der Waals surface area (Å²) >= 11 is 0. The summed E-state index contributed by atoms with van der Waals surface area (Å²) in [6, 6.07) is 3.71. The van der Waals surface area contributed by atoms with Crippen LogP contribution in [0.4, 0.5) is 8.78 Å². The van der Waals surface area contributed by atoms with Crippen LogP contribution in [0.1, 0.15) is 15.9 Å². The van der Waals surface area contributed by atoms with Gasteiger partial charge in [-0.15, -0.1) is 0 Å². The monoisotopic (exact) mass is 209 g/mol. The predicted molar refractivity (Wildman–Crippen MR) is 44.9 cm³/mol. The van der Waals surface area contributed by atoms with Crippen LogP contribution in [0, 0.1) is 23.0 Å². The smallest absolute Gasteiger partial charge is 0.339 e. The fourth-order valence-corrected chi connectivity index (χ4v) is 1.48. The number of benzene rings is 1. The molecule has 3 nitrogen and oxygen atoms in total. The second-order valence-corrected chi connectivity index (χ2v) is 3.11. The molecule has 0 amide bonds. The van der Waals surface area contributed by atoms with Crippen molar-refractivity contribution < 1.29 is 18.3 Å². The number of fused-ring (bicyclic) bond motifs is 1. The van der Waals surface area contributed by atoms with E-state index in [9.17, 15) is 13.6 Å². The minimum Gasteiger partial charge on any atom is -0.443 e. The van der Waals surface area contributed by atoms with Gasteiger partial charge in [0.1, 0.15) is 6.07 Å². The molecule has 0 fully saturated rings. The third-order valence-corrected chi connectivity index (χ3v) is 2.20. The van der Waals surface area contributed by atoms with Crippen molar-refractivity contribution in [3.05, 3.63) is 34.9 Å². The molecule has 0 saturated carbocycles. The first-order valence-corrected chi connectivity index (χ1v) is 4.21. The molecule has 0 saturated heterocycles. The summed E-state index contributed by atoms with van der Waals surface area (Å²) < 4.78 is 30.8. The van der Waals surface area contributed by atoms with E-state index < -0.39 is 23.7 Å². The second kappa shape index (κ2) is 3.31. The Morgan fingerprint density at radius 3 is 2.87 bits per heavy atom. The molecule has 5 heteroatoms. The lowest BCUT2D eigenvalue weighted by Crippen LogP contribution is -2.27. The molecule has 1 aliphatic heterocycles. The van der Waals surface area contributed by atoms with Crippen molar-refractivity contribution in [1.82, 2.24) is 0 Å². The molecule has 15 heavy (non-hydrogen) atoms. The topological polar surface area (TPSA) is 50.1 Å². The van der Waals surface area contributed by atoms with Gasteiger partial charge in [-0.05, 0) is 12.1 Å². The van der Waals surface area contributed by atoms with Crippen LogP contribution in [0.3, 0.4) is 0 Å². The molecule has 76 valence electrons. The number of rotatable bonds is 0. The van der Waals surface area contributed by atoms with Crippen LogP contribution < -0.4 is 0 Å². The summed E-state index contributed by atoms with van der Waals surface area (Å²) in [6.45, 7) is 0. The number of cyclic esters (lactones) is 1.